The number of aromatic nitrogens is 2. The maximum atomic E-state index is 15.2. The highest BCUT2D eigenvalue weighted by molar-refractivity contribution is 7.84. The van der Waals surface area contributed by atoms with Crippen LogP contribution in [0.25, 0.3) is 22.2 Å². The van der Waals surface area contributed by atoms with Gasteiger partial charge >= 0.3 is 0 Å². The number of fused-ring (bicyclic) bond motifs is 1. The SMILES string of the molecule is CC(NS(=O)C1CC1)c1cn(CC(C)(C)C)c2cc(-c3ncccc3Cl)c(F)cc12. The van der Waals surface area contributed by atoms with Crippen LogP contribution >= 0.6 is 11.6 Å². The van der Waals surface area contributed by atoms with E-state index < -0.39 is 11.0 Å². The topological polar surface area (TPSA) is 46.9 Å². The first-order valence-electron chi connectivity index (χ1n) is 10.2. The number of hydrogen-bond acceptors (Lipinski definition) is 2. The third-order valence-corrected chi connectivity index (χ3v) is 7.21. The maximum absolute atomic E-state index is 15.2. The van der Waals surface area contributed by atoms with Crippen LogP contribution < -0.4 is 4.72 Å². The maximum Gasteiger partial charge on any atom is 0.133 e. The lowest BCUT2D eigenvalue weighted by molar-refractivity contribution is 0.349. The van der Waals surface area contributed by atoms with Crippen molar-refractivity contribution in [3.05, 3.63) is 53.1 Å². The Hall–Kier alpha value is -1.76. The number of nitrogens with zero attached hydrogens (tertiary/aromatic N) is 2. The first-order chi connectivity index (χ1) is 14.1. The van der Waals surface area contributed by atoms with Crippen molar-refractivity contribution in [3.8, 4) is 11.3 Å². The second kappa shape index (κ2) is 8.06. The standard InChI is InChI=1S/C23H27ClFN3OS/c1-14(27-30(29)15-7-8-15)18-12-28(13-23(2,3)4)21-11-17(20(25)10-16(18)21)22-19(24)6-5-9-26-22/h5-6,9-12,14-15,27H,7-8,13H2,1-4H3. The van der Waals surface area contributed by atoms with Gasteiger partial charge in [0.05, 0.1) is 21.7 Å². The Kier molecular flexibility index (Phi) is 5.77. The van der Waals surface area contributed by atoms with Gasteiger partial charge in [0.25, 0.3) is 0 Å². The number of pyridine rings is 1. The van der Waals surface area contributed by atoms with Gasteiger partial charge in [-0.3, -0.25) is 4.98 Å². The largest absolute Gasteiger partial charge is 0.347 e. The van der Waals surface area contributed by atoms with E-state index in [9.17, 15) is 4.21 Å². The molecule has 2 atom stereocenters. The zero-order valence-electron chi connectivity index (χ0n) is 17.7. The molecule has 1 fully saturated rings. The van der Waals surface area contributed by atoms with Gasteiger partial charge in [-0.05, 0) is 55.0 Å². The Morgan fingerprint density at radius 2 is 2.10 bits per heavy atom. The first-order valence-corrected chi connectivity index (χ1v) is 11.8. The third-order valence-electron chi connectivity index (χ3n) is 5.25. The fourth-order valence-corrected chi connectivity index (χ4v) is 5.16. The molecule has 0 spiro atoms. The van der Waals surface area contributed by atoms with Gasteiger partial charge in [-0.2, -0.15) is 0 Å². The fraction of sp³-hybridized carbons (Fsp3) is 0.435. The highest BCUT2D eigenvalue weighted by atomic mass is 35.5. The van der Waals surface area contributed by atoms with Crippen LogP contribution in [0.2, 0.25) is 5.02 Å². The van der Waals surface area contributed by atoms with Gasteiger partial charge in [0.1, 0.15) is 5.82 Å². The van der Waals surface area contributed by atoms with Gasteiger partial charge in [-0.25, -0.2) is 13.3 Å². The summed E-state index contributed by atoms with van der Waals surface area (Å²) in [5.41, 5.74) is 2.72. The minimum absolute atomic E-state index is 0.0356. The molecule has 0 saturated heterocycles. The molecule has 0 radical (unpaired) electrons. The molecule has 4 rings (SSSR count). The molecule has 0 bridgehead atoms. The summed E-state index contributed by atoms with van der Waals surface area (Å²) in [5, 5.41) is 1.48. The summed E-state index contributed by atoms with van der Waals surface area (Å²) in [6, 6.07) is 6.68. The van der Waals surface area contributed by atoms with Gasteiger partial charge < -0.3 is 4.57 Å². The molecule has 2 heterocycles. The van der Waals surface area contributed by atoms with E-state index >= 15 is 4.39 Å². The third kappa shape index (κ3) is 4.46. The minimum atomic E-state index is -1.07. The van der Waals surface area contributed by atoms with E-state index in [1.807, 2.05) is 13.0 Å². The number of hydrogen-bond donors (Lipinski definition) is 1. The van der Waals surface area contributed by atoms with Crippen LogP contribution in [0, 0.1) is 11.2 Å². The molecule has 7 heteroatoms. The Morgan fingerprint density at radius 1 is 1.37 bits per heavy atom. The van der Waals surface area contributed by atoms with Gasteiger partial charge in [0.15, 0.2) is 0 Å². The molecular formula is C23H27ClFN3OS. The van der Waals surface area contributed by atoms with E-state index in [-0.39, 0.29) is 22.5 Å². The molecule has 2 aromatic heterocycles. The number of nitrogens with one attached hydrogen (secondary N) is 1. The fourth-order valence-electron chi connectivity index (χ4n) is 3.71. The van der Waals surface area contributed by atoms with Gasteiger partial charge in [0.2, 0.25) is 0 Å². The van der Waals surface area contributed by atoms with Crippen molar-refractivity contribution in [3.63, 3.8) is 0 Å². The summed E-state index contributed by atoms with van der Waals surface area (Å²) < 4.78 is 32.9. The minimum Gasteiger partial charge on any atom is -0.347 e. The van der Waals surface area contributed by atoms with Crippen molar-refractivity contribution < 1.29 is 8.60 Å². The smallest absolute Gasteiger partial charge is 0.133 e. The highest BCUT2D eigenvalue weighted by Gasteiger charge is 2.30. The molecule has 1 aliphatic rings. The van der Waals surface area contributed by atoms with Crippen LogP contribution in [-0.4, -0.2) is 19.0 Å². The van der Waals surface area contributed by atoms with Crippen LogP contribution in [0.4, 0.5) is 4.39 Å². The Balaban J connectivity index is 1.84. The average Bonchev–Trinajstić information content (AvgIpc) is 3.45. The molecule has 4 nitrogen and oxygen atoms in total. The monoisotopic (exact) mass is 447 g/mol. The summed E-state index contributed by atoms with van der Waals surface area (Å²) in [4.78, 5) is 4.29. The van der Waals surface area contributed by atoms with Crippen molar-refractivity contribution in [2.24, 2.45) is 5.41 Å². The molecule has 1 aliphatic carbocycles. The molecule has 30 heavy (non-hydrogen) atoms. The molecule has 3 aromatic rings. The normalized spacial score (nSPS) is 16.7. The van der Waals surface area contributed by atoms with Crippen molar-refractivity contribution in [1.29, 1.82) is 0 Å². The molecule has 1 aromatic carbocycles. The molecule has 160 valence electrons. The van der Waals surface area contributed by atoms with Gasteiger partial charge in [-0.1, -0.05) is 32.4 Å². The van der Waals surface area contributed by atoms with Crippen LogP contribution in [-0.2, 0) is 17.5 Å². The second-order valence-electron chi connectivity index (χ2n) is 9.29. The summed E-state index contributed by atoms with van der Waals surface area (Å²) in [6.07, 6.45) is 5.67. The van der Waals surface area contributed by atoms with E-state index in [4.69, 9.17) is 11.6 Å². The van der Waals surface area contributed by atoms with E-state index in [0.29, 0.717) is 16.3 Å². The molecular weight excluding hydrogens is 421 g/mol. The van der Waals surface area contributed by atoms with Crippen LogP contribution in [0.15, 0.2) is 36.7 Å². The molecule has 0 amide bonds. The van der Waals surface area contributed by atoms with E-state index in [1.54, 1.807) is 24.4 Å². The van der Waals surface area contributed by atoms with Crippen molar-refractivity contribution in [2.45, 2.75) is 58.4 Å². The predicted molar refractivity (Wildman–Crippen MR) is 122 cm³/mol. The van der Waals surface area contributed by atoms with Crippen molar-refractivity contribution in [1.82, 2.24) is 14.3 Å². The lowest BCUT2D eigenvalue weighted by Crippen LogP contribution is -2.24. The van der Waals surface area contributed by atoms with Crippen LogP contribution in [0.5, 0.6) is 0 Å². The lowest BCUT2D eigenvalue weighted by atomic mass is 9.97. The highest BCUT2D eigenvalue weighted by Crippen LogP contribution is 2.36. The zero-order valence-corrected chi connectivity index (χ0v) is 19.3. The van der Waals surface area contributed by atoms with E-state index in [0.717, 1.165) is 35.9 Å². The molecule has 2 unspecified atom stereocenters. The summed E-state index contributed by atoms with van der Waals surface area (Å²) in [6.45, 7) is 9.26. The zero-order chi connectivity index (χ0) is 21.6. The quantitative estimate of drug-likeness (QED) is 0.502. The number of benzene rings is 1. The Labute approximate surface area is 184 Å². The predicted octanol–water partition coefficient (Wildman–Crippen LogP) is 6.02. The Morgan fingerprint density at radius 3 is 2.73 bits per heavy atom. The first kappa shape index (κ1) is 21.5. The second-order valence-corrected chi connectivity index (χ2v) is 11.2. The van der Waals surface area contributed by atoms with Crippen molar-refractivity contribution in [2.75, 3.05) is 0 Å². The summed E-state index contributed by atoms with van der Waals surface area (Å²) in [5.74, 6) is -0.367. The number of rotatable bonds is 6. The lowest BCUT2D eigenvalue weighted by Gasteiger charge is -2.20. The van der Waals surface area contributed by atoms with Crippen LogP contribution in [0.3, 0.4) is 0 Å². The van der Waals surface area contributed by atoms with E-state index in [2.05, 4.69) is 41.2 Å². The molecule has 1 N–H and O–H groups in total. The van der Waals surface area contributed by atoms with E-state index in [1.165, 1.54) is 0 Å². The Bertz CT molecular complexity index is 1120. The summed E-state index contributed by atoms with van der Waals surface area (Å²) in [7, 11) is -1.07. The van der Waals surface area contributed by atoms with Crippen molar-refractivity contribution >= 4 is 33.5 Å². The molecule has 0 aliphatic heterocycles. The van der Waals surface area contributed by atoms with Gasteiger partial charge in [-0.15, -0.1) is 0 Å². The summed E-state index contributed by atoms with van der Waals surface area (Å²) >= 11 is 6.30. The molecule has 1 saturated carbocycles. The van der Waals surface area contributed by atoms with Crippen LogP contribution in [0.1, 0.15) is 52.1 Å². The average molecular weight is 448 g/mol. The number of halogens is 2. The van der Waals surface area contributed by atoms with Gasteiger partial charge in [0, 0.05) is 46.7 Å².